The lowest BCUT2D eigenvalue weighted by molar-refractivity contribution is 0.535. The van der Waals surface area contributed by atoms with E-state index in [2.05, 4.69) is 63.9 Å². The molecule has 0 bridgehead atoms. The highest BCUT2D eigenvalue weighted by molar-refractivity contribution is 6.05. The summed E-state index contributed by atoms with van der Waals surface area (Å²) in [4.78, 5) is 0. The van der Waals surface area contributed by atoms with Gasteiger partial charge in [0.1, 0.15) is 0 Å². The van der Waals surface area contributed by atoms with Gasteiger partial charge >= 0.3 is 0 Å². The third kappa shape index (κ3) is 7.85. The van der Waals surface area contributed by atoms with Gasteiger partial charge in [-0.2, -0.15) is 0 Å². The van der Waals surface area contributed by atoms with Crippen molar-refractivity contribution in [2.75, 3.05) is 0 Å². The first-order valence-corrected chi connectivity index (χ1v) is 13.0. The van der Waals surface area contributed by atoms with Crippen molar-refractivity contribution in [2.24, 2.45) is 0 Å². The van der Waals surface area contributed by atoms with Crippen LogP contribution in [-0.4, -0.2) is 22.0 Å². The number of hydrogen-bond donors (Lipinski definition) is 2. The molecule has 0 saturated carbocycles. The fourth-order valence-electron chi connectivity index (χ4n) is 3.50. The topological polar surface area (TPSA) is 95.8 Å². The number of nitrogens with one attached hydrogen (secondary N) is 2. The van der Waals surface area contributed by atoms with Crippen LogP contribution in [0.25, 0.3) is 17.0 Å². The Bertz CT molecular complexity index is 1300. The van der Waals surface area contributed by atoms with E-state index in [1.54, 1.807) is 13.0 Å². The Labute approximate surface area is 227 Å². The summed E-state index contributed by atoms with van der Waals surface area (Å²) in [5.41, 5.74) is 5.17. The summed E-state index contributed by atoms with van der Waals surface area (Å²) in [5, 5.41) is 25.0. The molecule has 0 saturated heterocycles. The Kier molecular flexibility index (Phi) is 10.1. The average molecular weight is 515 g/mol. The van der Waals surface area contributed by atoms with Gasteiger partial charge in [-0.05, 0) is 66.1 Å². The van der Waals surface area contributed by atoms with Crippen molar-refractivity contribution < 1.29 is 9.15 Å². The smallest absolute Gasteiger partial charge is 0.248 e. The molecule has 0 unspecified atom stereocenters. The van der Waals surface area contributed by atoms with E-state index in [9.17, 15) is 0 Å². The second kappa shape index (κ2) is 12.6. The van der Waals surface area contributed by atoms with E-state index in [4.69, 9.17) is 20.0 Å². The van der Waals surface area contributed by atoms with Gasteiger partial charge in [-0.1, -0.05) is 85.7 Å². The molecule has 3 aromatic rings. The van der Waals surface area contributed by atoms with Crippen LogP contribution in [0.5, 0.6) is 0 Å². The Hall–Kier alpha value is -3.80. The number of allylic oxidation sites excluding steroid dienone is 3. The number of rotatable bonds is 5. The molecule has 0 atom stereocenters. The molecule has 0 aliphatic carbocycles. The molecule has 3 rings (SSSR count). The van der Waals surface area contributed by atoms with Gasteiger partial charge in [0.2, 0.25) is 23.6 Å². The van der Waals surface area contributed by atoms with Gasteiger partial charge in [-0.3, -0.25) is 10.8 Å². The molecule has 1 aromatic heterocycles. The number of ether oxygens (including phenoxy) is 1. The highest BCUT2D eigenvalue weighted by Crippen LogP contribution is 2.27. The SMILES string of the molecule is C/C=C(\C=C(/C)C(=N)OC(=N)c1ccc(C(C)(C)C)cc1)c1nnc(-c2ccc(C(C)(C)C)cc2)o1.CC. The first-order chi connectivity index (χ1) is 17.8. The van der Waals surface area contributed by atoms with E-state index >= 15 is 0 Å². The summed E-state index contributed by atoms with van der Waals surface area (Å²) in [6.45, 7) is 20.6. The first-order valence-electron chi connectivity index (χ1n) is 13.0. The van der Waals surface area contributed by atoms with Crippen LogP contribution in [0.1, 0.15) is 91.8 Å². The zero-order valence-electron chi connectivity index (χ0n) is 24.5. The molecule has 2 aromatic carbocycles. The van der Waals surface area contributed by atoms with Gasteiger partial charge in [0.05, 0.1) is 0 Å². The maximum atomic E-state index is 8.33. The van der Waals surface area contributed by atoms with Crippen molar-refractivity contribution in [3.05, 3.63) is 88.8 Å². The Morgan fingerprint density at radius 3 is 1.79 bits per heavy atom. The third-order valence-corrected chi connectivity index (χ3v) is 5.93. The van der Waals surface area contributed by atoms with Crippen molar-refractivity contribution in [2.45, 2.75) is 80.1 Å². The predicted octanol–water partition coefficient (Wildman–Crippen LogP) is 8.73. The molecule has 0 radical (unpaired) electrons. The van der Waals surface area contributed by atoms with Crippen molar-refractivity contribution in [1.82, 2.24) is 10.2 Å². The first kappa shape index (κ1) is 30.4. The lowest BCUT2D eigenvalue weighted by Crippen LogP contribution is -2.14. The van der Waals surface area contributed by atoms with Gasteiger partial charge < -0.3 is 9.15 Å². The summed E-state index contributed by atoms with van der Waals surface area (Å²) in [6, 6.07) is 15.8. The largest absolute Gasteiger partial charge is 0.421 e. The number of aromatic nitrogens is 2. The van der Waals surface area contributed by atoms with Gasteiger partial charge in [-0.25, -0.2) is 0 Å². The second-order valence-electron chi connectivity index (χ2n) is 10.9. The molecule has 0 aliphatic heterocycles. The highest BCUT2D eigenvalue weighted by atomic mass is 16.5. The van der Waals surface area contributed by atoms with Crippen LogP contribution in [0.15, 0.2) is 70.7 Å². The molecule has 0 amide bonds. The number of benzene rings is 2. The third-order valence-electron chi connectivity index (χ3n) is 5.93. The van der Waals surface area contributed by atoms with Crippen LogP contribution in [0.3, 0.4) is 0 Å². The van der Waals surface area contributed by atoms with Crippen LogP contribution < -0.4 is 0 Å². The van der Waals surface area contributed by atoms with Crippen molar-refractivity contribution >= 4 is 17.4 Å². The Morgan fingerprint density at radius 2 is 1.32 bits per heavy atom. The maximum Gasteiger partial charge on any atom is 0.248 e. The molecular weight excluding hydrogens is 472 g/mol. The molecule has 202 valence electrons. The van der Waals surface area contributed by atoms with Crippen LogP contribution >= 0.6 is 0 Å². The summed E-state index contributed by atoms with van der Waals surface area (Å²) >= 11 is 0. The van der Waals surface area contributed by atoms with Crippen molar-refractivity contribution in [1.29, 1.82) is 10.8 Å². The summed E-state index contributed by atoms with van der Waals surface area (Å²) in [6.07, 6.45) is 3.59. The minimum Gasteiger partial charge on any atom is -0.421 e. The molecule has 2 N–H and O–H groups in total. The highest BCUT2D eigenvalue weighted by Gasteiger charge is 2.17. The van der Waals surface area contributed by atoms with E-state index in [1.165, 1.54) is 11.1 Å². The predicted molar refractivity (Wildman–Crippen MR) is 158 cm³/mol. The molecule has 0 spiro atoms. The van der Waals surface area contributed by atoms with Crippen LogP contribution in [0.2, 0.25) is 0 Å². The van der Waals surface area contributed by atoms with Crippen LogP contribution in [0, 0.1) is 10.8 Å². The normalized spacial score (nSPS) is 12.5. The second-order valence-corrected chi connectivity index (χ2v) is 10.9. The molecular formula is C32H42N4O2. The quantitative estimate of drug-likeness (QED) is 0.202. The standard InChI is InChI=1S/C30H36N4O2.C2H6/c1-9-20(27-33-34-28(36-27)22-12-16-24(17-13-22)30(6,7)8)18-19(2)25(31)35-26(32)21-10-14-23(15-11-21)29(3,4)5;1-2/h9-18,31-32H,1-8H3;1-2H3/b19-18+,20-9+,31-25?,32-26?;. The van der Waals surface area contributed by atoms with Gasteiger partial charge in [0, 0.05) is 22.3 Å². The Balaban J connectivity index is 0.00000247. The number of hydrogen-bond acceptors (Lipinski definition) is 6. The van der Waals surface area contributed by atoms with E-state index < -0.39 is 0 Å². The summed E-state index contributed by atoms with van der Waals surface area (Å²) in [5.74, 6) is 0.598. The maximum absolute atomic E-state index is 8.33. The Morgan fingerprint density at radius 1 is 0.816 bits per heavy atom. The molecule has 1 heterocycles. The lowest BCUT2D eigenvalue weighted by Gasteiger charge is -2.19. The summed E-state index contributed by atoms with van der Waals surface area (Å²) < 4.78 is 11.5. The fraction of sp³-hybridized carbons (Fsp3) is 0.375. The fourth-order valence-corrected chi connectivity index (χ4v) is 3.50. The van der Waals surface area contributed by atoms with E-state index in [0.717, 1.165) is 5.56 Å². The molecule has 38 heavy (non-hydrogen) atoms. The van der Waals surface area contributed by atoms with Gasteiger partial charge in [0.25, 0.3) is 0 Å². The molecule has 6 nitrogen and oxygen atoms in total. The zero-order valence-corrected chi connectivity index (χ0v) is 24.5. The number of nitrogens with zero attached hydrogens (tertiary/aromatic N) is 2. The van der Waals surface area contributed by atoms with Crippen LogP contribution in [-0.2, 0) is 15.6 Å². The van der Waals surface area contributed by atoms with E-state index in [1.807, 2.05) is 63.2 Å². The van der Waals surface area contributed by atoms with Crippen LogP contribution in [0.4, 0.5) is 0 Å². The molecule has 0 aliphatic rings. The van der Waals surface area contributed by atoms with Crippen molar-refractivity contribution in [3.8, 4) is 11.5 Å². The van der Waals surface area contributed by atoms with E-state index in [-0.39, 0.29) is 22.6 Å². The minimum atomic E-state index is -0.114. The lowest BCUT2D eigenvalue weighted by atomic mass is 9.87. The average Bonchev–Trinajstić information content (AvgIpc) is 3.37. The van der Waals surface area contributed by atoms with Gasteiger partial charge in [-0.15, -0.1) is 10.2 Å². The summed E-state index contributed by atoms with van der Waals surface area (Å²) in [7, 11) is 0. The minimum absolute atomic E-state index is 0.0288. The monoisotopic (exact) mass is 514 g/mol. The van der Waals surface area contributed by atoms with Crippen molar-refractivity contribution in [3.63, 3.8) is 0 Å². The zero-order chi connectivity index (χ0) is 28.7. The van der Waals surface area contributed by atoms with Gasteiger partial charge in [0.15, 0.2) is 0 Å². The molecule has 6 heteroatoms. The van der Waals surface area contributed by atoms with E-state index in [0.29, 0.717) is 28.5 Å². The molecule has 0 fully saturated rings.